The molecule has 0 saturated carbocycles. The fourth-order valence-electron chi connectivity index (χ4n) is 3.20. The summed E-state index contributed by atoms with van der Waals surface area (Å²) in [7, 11) is 0. The predicted octanol–water partition coefficient (Wildman–Crippen LogP) is 1.52. The Hall–Kier alpha value is -0.820. The minimum absolute atomic E-state index is 0.134. The Morgan fingerprint density at radius 3 is 2.52 bits per heavy atom. The summed E-state index contributed by atoms with van der Waals surface area (Å²) in [5, 5.41) is 5.32. The van der Waals surface area contributed by atoms with Gasteiger partial charge < -0.3 is 15.5 Å². The largest absolute Gasteiger partial charge is 0.404 e. The maximum atomic E-state index is 13.3. The predicted molar refractivity (Wildman–Crippen MR) is 73.9 cm³/mol. The lowest BCUT2D eigenvalue weighted by Gasteiger charge is -2.35. The van der Waals surface area contributed by atoms with E-state index in [1.807, 2.05) is 0 Å². The highest BCUT2D eigenvalue weighted by atomic mass is 19.4. The van der Waals surface area contributed by atoms with E-state index in [1.165, 1.54) is 0 Å². The van der Waals surface area contributed by atoms with Crippen LogP contribution in [-0.4, -0.2) is 55.7 Å². The maximum absolute atomic E-state index is 13.3. The summed E-state index contributed by atoms with van der Waals surface area (Å²) in [5.74, 6) is -0.853. The molecule has 0 aromatic carbocycles. The van der Waals surface area contributed by atoms with Gasteiger partial charge in [0.15, 0.2) is 5.41 Å². The number of piperidine rings is 1. The molecule has 2 N–H and O–H groups in total. The smallest absolute Gasteiger partial charge is 0.352 e. The second-order valence-electron chi connectivity index (χ2n) is 6.10. The Balaban J connectivity index is 1.92. The third kappa shape index (κ3) is 3.51. The van der Waals surface area contributed by atoms with Crippen LogP contribution in [0, 0.1) is 5.41 Å². The van der Waals surface area contributed by atoms with Gasteiger partial charge >= 0.3 is 6.18 Å². The number of halogens is 3. The number of nitrogens with one attached hydrogen (secondary N) is 2. The van der Waals surface area contributed by atoms with E-state index >= 15 is 0 Å². The summed E-state index contributed by atoms with van der Waals surface area (Å²) in [6.07, 6.45) is -2.14. The quantitative estimate of drug-likeness (QED) is 0.828. The molecule has 0 bridgehead atoms. The molecule has 2 saturated heterocycles. The van der Waals surface area contributed by atoms with Crippen LogP contribution in [-0.2, 0) is 4.79 Å². The lowest BCUT2D eigenvalue weighted by atomic mass is 9.84. The zero-order valence-corrected chi connectivity index (χ0v) is 12.4. The molecule has 2 aliphatic heterocycles. The van der Waals surface area contributed by atoms with Gasteiger partial charge in [0.25, 0.3) is 0 Å². The molecule has 7 heteroatoms. The van der Waals surface area contributed by atoms with Crippen molar-refractivity contribution in [1.82, 2.24) is 15.5 Å². The minimum atomic E-state index is -4.50. The van der Waals surface area contributed by atoms with Crippen molar-refractivity contribution in [2.75, 3.05) is 32.7 Å². The van der Waals surface area contributed by atoms with Gasteiger partial charge in [-0.1, -0.05) is 6.92 Å². The molecule has 0 spiro atoms. The number of alkyl halides is 3. The number of hydrogen-bond donors (Lipinski definition) is 2. The van der Waals surface area contributed by atoms with E-state index in [0.29, 0.717) is 0 Å². The average Bonchev–Trinajstić information content (AvgIpc) is 2.91. The second-order valence-corrected chi connectivity index (χ2v) is 6.10. The van der Waals surface area contributed by atoms with Crippen LogP contribution in [0.1, 0.15) is 32.6 Å². The summed E-state index contributed by atoms with van der Waals surface area (Å²) in [5.41, 5.74) is -2.24. The van der Waals surface area contributed by atoms with Gasteiger partial charge in [-0.3, -0.25) is 4.79 Å². The van der Waals surface area contributed by atoms with Crippen molar-refractivity contribution in [2.24, 2.45) is 5.41 Å². The van der Waals surface area contributed by atoms with Crippen LogP contribution < -0.4 is 10.6 Å². The summed E-state index contributed by atoms with van der Waals surface area (Å²) in [4.78, 5) is 14.5. The molecular formula is C14H24F3N3O. The standard InChI is InChI=1S/C14H24F3N3O/c1-2-7-20-8-3-11(4-9-20)19-12(21)13(14(15,16)17)5-6-18-10-13/h11,18H,2-10H2,1H3,(H,19,21). The Bertz CT molecular complexity index is 359. The van der Waals surface area contributed by atoms with E-state index in [9.17, 15) is 18.0 Å². The SMILES string of the molecule is CCCN1CCC(NC(=O)C2(C(F)(F)F)CCNC2)CC1. The highest BCUT2D eigenvalue weighted by molar-refractivity contribution is 5.84. The number of rotatable bonds is 4. The van der Waals surface area contributed by atoms with Gasteiger partial charge in [-0.25, -0.2) is 0 Å². The molecule has 1 amide bonds. The summed E-state index contributed by atoms with van der Waals surface area (Å²) in [6, 6.07) is -0.134. The number of carbonyl (C=O) groups excluding carboxylic acids is 1. The van der Waals surface area contributed by atoms with E-state index in [2.05, 4.69) is 22.5 Å². The molecule has 0 aromatic rings. The van der Waals surface area contributed by atoms with Gasteiger partial charge in [0, 0.05) is 25.7 Å². The molecule has 1 atom stereocenters. The lowest BCUT2D eigenvalue weighted by molar-refractivity contribution is -0.216. The molecular weight excluding hydrogens is 283 g/mol. The monoisotopic (exact) mass is 307 g/mol. The Labute approximate surface area is 123 Å². The number of likely N-dealkylation sites (tertiary alicyclic amines) is 1. The minimum Gasteiger partial charge on any atom is -0.352 e. The zero-order valence-electron chi connectivity index (χ0n) is 12.4. The van der Waals surface area contributed by atoms with Gasteiger partial charge in [-0.2, -0.15) is 13.2 Å². The first-order valence-corrected chi connectivity index (χ1v) is 7.70. The number of hydrogen-bond acceptors (Lipinski definition) is 3. The summed E-state index contributed by atoms with van der Waals surface area (Å²) in [6.45, 7) is 4.73. The van der Waals surface area contributed by atoms with Gasteiger partial charge in [-0.05, 0) is 38.8 Å². The van der Waals surface area contributed by atoms with Crippen molar-refractivity contribution in [3.05, 3.63) is 0 Å². The molecule has 0 aromatic heterocycles. The molecule has 2 aliphatic rings. The molecule has 0 radical (unpaired) electrons. The molecule has 21 heavy (non-hydrogen) atoms. The molecule has 1 unspecified atom stereocenters. The van der Waals surface area contributed by atoms with Crippen LogP contribution in [0.25, 0.3) is 0 Å². The Morgan fingerprint density at radius 1 is 1.38 bits per heavy atom. The van der Waals surface area contributed by atoms with Crippen LogP contribution in [0.4, 0.5) is 13.2 Å². The van der Waals surface area contributed by atoms with Crippen molar-refractivity contribution in [2.45, 2.75) is 44.8 Å². The fraction of sp³-hybridized carbons (Fsp3) is 0.929. The number of nitrogens with zero attached hydrogens (tertiary/aromatic N) is 1. The van der Waals surface area contributed by atoms with Crippen LogP contribution in [0.2, 0.25) is 0 Å². The molecule has 4 nitrogen and oxygen atoms in total. The van der Waals surface area contributed by atoms with Crippen LogP contribution in [0.5, 0.6) is 0 Å². The lowest BCUT2D eigenvalue weighted by Crippen LogP contribution is -2.55. The molecule has 2 heterocycles. The number of amides is 1. The van der Waals surface area contributed by atoms with Gasteiger partial charge in [0.2, 0.25) is 5.91 Å². The van der Waals surface area contributed by atoms with Gasteiger partial charge in [0.1, 0.15) is 0 Å². The highest BCUT2D eigenvalue weighted by Gasteiger charge is 2.61. The molecule has 122 valence electrons. The maximum Gasteiger partial charge on any atom is 0.404 e. The van der Waals surface area contributed by atoms with Crippen LogP contribution in [0.3, 0.4) is 0 Å². The molecule has 2 rings (SSSR count). The van der Waals surface area contributed by atoms with Crippen molar-refractivity contribution in [3.63, 3.8) is 0 Å². The van der Waals surface area contributed by atoms with Crippen molar-refractivity contribution < 1.29 is 18.0 Å². The van der Waals surface area contributed by atoms with E-state index < -0.39 is 17.5 Å². The van der Waals surface area contributed by atoms with Crippen molar-refractivity contribution in [3.8, 4) is 0 Å². The third-order valence-electron chi connectivity index (χ3n) is 4.60. The first-order valence-electron chi connectivity index (χ1n) is 7.70. The van der Waals surface area contributed by atoms with Gasteiger partial charge in [-0.15, -0.1) is 0 Å². The first kappa shape index (κ1) is 16.5. The van der Waals surface area contributed by atoms with E-state index in [1.54, 1.807) is 0 Å². The normalized spacial score (nSPS) is 28.8. The van der Waals surface area contributed by atoms with E-state index in [0.717, 1.165) is 38.9 Å². The van der Waals surface area contributed by atoms with E-state index in [4.69, 9.17) is 0 Å². The summed E-state index contributed by atoms with van der Waals surface area (Å²) >= 11 is 0. The Morgan fingerprint density at radius 2 is 2.05 bits per heavy atom. The fourth-order valence-corrected chi connectivity index (χ4v) is 3.20. The van der Waals surface area contributed by atoms with Crippen molar-refractivity contribution in [1.29, 1.82) is 0 Å². The van der Waals surface area contributed by atoms with Crippen LogP contribution in [0.15, 0.2) is 0 Å². The third-order valence-corrected chi connectivity index (χ3v) is 4.60. The molecule has 2 fully saturated rings. The average molecular weight is 307 g/mol. The molecule has 0 aliphatic carbocycles. The highest BCUT2D eigenvalue weighted by Crippen LogP contribution is 2.43. The number of carbonyl (C=O) groups is 1. The Kier molecular flexibility index (Phi) is 5.14. The van der Waals surface area contributed by atoms with Crippen molar-refractivity contribution >= 4 is 5.91 Å². The summed E-state index contributed by atoms with van der Waals surface area (Å²) < 4.78 is 39.8. The van der Waals surface area contributed by atoms with Gasteiger partial charge in [0.05, 0.1) is 0 Å². The van der Waals surface area contributed by atoms with E-state index in [-0.39, 0.29) is 25.6 Å². The first-order chi connectivity index (χ1) is 9.89. The van der Waals surface area contributed by atoms with Crippen LogP contribution >= 0.6 is 0 Å². The second kappa shape index (κ2) is 6.52. The zero-order chi connectivity index (χ0) is 15.5. The topological polar surface area (TPSA) is 44.4 Å².